The van der Waals surface area contributed by atoms with Gasteiger partial charge in [0.05, 0.1) is 29.2 Å². The molecule has 3 aromatic rings. The Labute approximate surface area is 196 Å². The number of ether oxygens (including phenoxy) is 1. The lowest BCUT2D eigenvalue weighted by Gasteiger charge is -2.27. The van der Waals surface area contributed by atoms with Crippen molar-refractivity contribution < 1.29 is 19.3 Å². The first-order valence-electron chi connectivity index (χ1n) is 11.9. The predicted molar refractivity (Wildman–Crippen MR) is 125 cm³/mol. The van der Waals surface area contributed by atoms with Gasteiger partial charge in [0.15, 0.2) is 11.9 Å². The van der Waals surface area contributed by atoms with E-state index >= 15 is 0 Å². The highest BCUT2D eigenvalue weighted by Crippen LogP contribution is 2.30. The SMILES string of the molecule is C[C@H]1C[C@H](O)CCC1/C=[N+]1/C=c2cc(C(=O)Nc3cnn4cccnc34)c(OC3CC3)cc2=N1. The maximum Gasteiger partial charge on any atom is 0.259 e. The Bertz CT molecular complexity index is 1420. The van der Waals surface area contributed by atoms with Crippen molar-refractivity contribution in [2.45, 2.75) is 51.2 Å². The highest BCUT2D eigenvalue weighted by molar-refractivity contribution is 6.07. The summed E-state index contributed by atoms with van der Waals surface area (Å²) in [6.07, 6.45) is 13.6. The number of nitrogens with zero attached hydrogens (tertiary/aromatic N) is 5. The van der Waals surface area contributed by atoms with E-state index in [1.54, 1.807) is 29.2 Å². The Balaban J connectivity index is 1.33. The van der Waals surface area contributed by atoms with Crippen molar-refractivity contribution in [1.29, 1.82) is 0 Å². The standard InChI is InChI=1S/C25H26N6O3/c1-15-9-18(32)4-3-16(15)13-30-14-17-10-20(23(11-21(17)29-30)34-19-5-6-19)25(33)28-22-12-27-31-8-2-7-26-24(22)31/h2,7-8,10-16,18-19,32H,3-6,9H2,1H3/p+1/b30-13-/t15-,16?,18+/m0/s1. The topological polar surface area (TPSA) is 104 Å². The van der Waals surface area contributed by atoms with E-state index in [0.717, 1.165) is 42.7 Å². The van der Waals surface area contributed by atoms with Crippen molar-refractivity contribution >= 4 is 29.7 Å². The fourth-order valence-electron chi connectivity index (χ4n) is 4.70. The van der Waals surface area contributed by atoms with Gasteiger partial charge in [-0.3, -0.25) is 4.79 Å². The quantitative estimate of drug-likeness (QED) is 0.565. The number of amides is 1. The molecule has 0 radical (unpaired) electrons. The summed E-state index contributed by atoms with van der Waals surface area (Å²) in [5, 5.41) is 23.5. The molecule has 3 atom stereocenters. The van der Waals surface area contributed by atoms with Crippen LogP contribution in [0.15, 0.2) is 41.9 Å². The minimum Gasteiger partial charge on any atom is -0.490 e. The van der Waals surface area contributed by atoms with Crippen molar-refractivity contribution in [1.82, 2.24) is 14.6 Å². The van der Waals surface area contributed by atoms with Crippen LogP contribution in [-0.2, 0) is 0 Å². The van der Waals surface area contributed by atoms with Crippen LogP contribution in [0.4, 0.5) is 5.69 Å². The number of nitrogens with one attached hydrogen (secondary N) is 1. The molecule has 1 unspecified atom stereocenters. The lowest BCUT2D eigenvalue weighted by molar-refractivity contribution is -0.424. The van der Waals surface area contributed by atoms with E-state index in [-0.39, 0.29) is 18.1 Å². The maximum atomic E-state index is 13.3. The molecule has 1 amide bonds. The van der Waals surface area contributed by atoms with E-state index in [1.165, 1.54) is 0 Å². The number of carbonyl (C=O) groups is 1. The largest absolute Gasteiger partial charge is 0.490 e. The fourth-order valence-corrected chi connectivity index (χ4v) is 4.70. The molecular formula is C25H27N6O3+. The summed E-state index contributed by atoms with van der Waals surface area (Å²) in [7, 11) is 0. The second kappa shape index (κ2) is 8.32. The van der Waals surface area contributed by atoms with Gasteiger partial charge in [0.25, 0.3) is 5.91 Å². The van der Waals surface area contributed by atoms with E-state index < -0.39 is 0 Å². The monoisotopic (exact) mass is 459 g/mol. The van der Waals surface area contributed by atoms with E-state index in [0.29, 0.717) is 34.5 Å². The molecule has 1 aliphatic heterocycles. The Morgan fingerprint density at radius 2 is 2.18 bits per heavy atom. The molecule has 3 aliphatic rings. The summed E-state index contributed by atoms with van der Waals surface area (Å²) in [5.41, 5.74) is 1.58. The smallest absolute Gasteiger partial charge is 0.259 e. The van der Waals surface area contributed by atoms with Gasteiger partial charge in [-0.15, -0.1) is 0 Å². The van der Waals surface area contributed by atoms with Crippen LogP contribution < -0.4 is 20.6 Å². The predicted octanol–water partition coefficient (Wildman–Crippen LogP) is 1.69. The van der Waals surface area contributed by atoms with Gasteiger partial charge >= 0.3 is 0 Å². The Kier molecular flexibility index (Phi) is 5.13. The number of aliphatic hydroxyl groups is 1. The molecule has 3 heterocycles. The summed E-state index contributed by atoms with van der Waals surface area (Å²) >= 11 is 0. The number of hydrogen-bond donors (Lipinski definition) is 2. The van der Waals surface area contributed by atoms with Gasteiger partial charge in [0.2, 0.25) is 6.20 Å². The van der Waals surface area contributed by atoms with Crippen molar-refractivity contribution in [2.24, 2.45) is 16.9 Å². The second-order valence-electron chi connectivity index (χ2n) is 9.49. The lowest BCUT2D eigenvalue weighted by Crippen LogP contribution is -2.28. The number of benzene rings is 1. The normalized spacial score (nSPS) is 25.0. The number of fused-ring (bicyclic) bond motifs is 2. The van der Waals surface area contributed by atoms with Gasteiger partial charge in [-0.25, -0.2) is 9.50 Å². The average Bonchev–Trinajstić information content (AvgIpc) is 3.41. The molecule has 174 valence electrons. The lowest BCUT2D eigenvalue weighted by atomic mass is 9.80. The van der Waals surface area contributed by atoms with Crippen LogP contribution in [0.25, 0.3) is 11.8 Å². The van der Waals surface area contributed by atoms with Crippen LogP contribution in [0, 0.1) is 11.8 Å². The maximum absolute atomic E-state index is 13.3. The fraction of sp³-hybridized carbons (Fsp3) is 0.400. The van der Waals surface area contributed by atoms with Gasteiger partial charge in [-0.05, 0) is 50.2 Å². The molecule has 9 nitrogen and oxygen atoms in total. The summed E-state index contributed by atoms with van der Waals surface area (Å²) < 4.78 is 9.56. The molecule has 6 rings (SSSR count). The van der Waals surface area contributed by atoms with Gasteiger partial charge in [-0.2, -0.15) is 5.10 Å². The molecule has 2 N–H and O–H groups in total. The number of rotatable bonds is 5. The second-order valence-corrected chi connectivity index (χ2v) is 9.49. The molecule has 2 aliphatic carbocycles. The van der Waals surface area contributed by atoms with E-state index in [2.05, 4.69) is 28.5 Å². The van der Waals surface area contributed by atoms with Crippen molar-refractivity contribution in [3.63, 3.8) is 0 Å². The van der Waals surface area contributed by atoms with Crippen molar-refractivity contribution in [2.75, 3.05) is 5.32 Å². The highest BCUT2D eigenvalue weighted by Gasteiger charge is 2.30. The third-order valence-corrected chi connectivity index (χ3v) is 6.77. The third-order valence-electron chi connectivity index (χ3n) is 6.77. The zero-order valence-corrected chi connectivity index (χ0v) is 19.0. The molecule has 1 aromatic carbocycles. The molecule has 9 heteroatoms. The van der Waals surface area contributed by atoms with Crippen LogP contribution in [0.3, 0.4) is 0 Å². The van der Waals surface area contributed by atoms with Gasteiger partial charge in [0, 0.05) is 29.5 Å². The first kappa shape index (κ1) is 21.0. The minimum absolute atomic E-state index is 0.144. The highest BCUT2D eigenvalue weighted by atomic mass is 16.5. The molecular weight excluding hydrogens is 432 g/mol. The van der Waals surface area contributed by atoms with Crippen molar-refractivity contribution in [3.05, 3.63) is 52.9 Å². The van der Waals surface area contributed by atoms with Gasteiger partial charge in [0.1, 0.15) is 16.8 Å². The summed E-state index contributed by atoms with van der Waals surface area (Å²) in [5.74, 6) is 1.01. The molecule has 0 spiro atoms. The zero-order valence-electron chi connectivity index (χ0n) is 19.0. The molecule has 2 saturated carbocycles. The Morgan fingerprint density at radius 3 is 3.00 bits per heavy atom. The van der Waals surface area contributed by atoms with Crippen LogP contribution >= 0.6 is 0 Å². The van der Waals surface area contributed by atoms with Crippen LogP contribution in [-0.4, -0.2) is 48.7 Å². The van der Waals surface area contributed by atoms with Crippen LogP contribution in [0.5, 0.6) is 5.75 Å². The van der Waals surface area contributed by atoms with Crippen LogP contribution in [0.1, 0.15) is 49.4 Å². The van der Waals surface area contributed by atoms with E-state index in [1.807, 2.05) is 23.0 Å². The summed E-state index contributed by atoms with van der Waals surface area (Å²) in [4.78, 5) is 17.6. The van der Waals surface area contributed by atoms with E-state index in [4.69, 9.17) is 9.84 Å². The number of hydrogen-bond acceptors (Lipinski definition) is 6. The first-order chi connectivity index (χ1) is 16.5. The van der Waals surface area contributed by atoms with Crippen LogP contribution in [0.2, 0.25) is 0 Å². The summed E-state index contributed by atoms with van der Waals surface area (Å²) in [6, 6.07) is 5.48. The zero-order chi connectivity index (χ0) is 23.2. The third kappa shape index (κ3) is 4.07. The molecule has 0 saturated heterocycles. The molecule has 0 bridgehead atoms. The number of aromatic nitrogens is 3. The van der Waals surface area contributed by atoms with Crippen molar-refractivity contribution in [3.8, 4) is 5.75 Å². The van der Waals surface area contributed by atoms with E-state index in [9.17, 15) is 9.90 Å². The average molecular weight is 460 g/mol. The van der Waals surface area contributed by atoms with Gasteiger partial charge in [-0.1, -0.05) is 11.6 Å². The Morgan fingerprint density at radius 1 is 1.29 bits per heavy atom. The van der Waals surface area contributed by atoms with Gasteiger partial charge < -0.3 is 15.2 Å². The number of aliphatic hydroxyl groups excluding tert-OH is 1. The molecule has 34 heavy (non-hydrogen) atoms. The molecule has 2 fully saturated rings. The molecule has 2 aromatic heterocycles. The summed E-state index contributed by atoms with van der Waals surface area (Å²) in [6.45, 7) is 2.17. The number of anilines is 1. The Hall–Kier alpha value is -3.59. The number of carbonyl (C=O) groups excluding carboxylic acids is 1. The first-order valence-corrected chi connectivity index (χ1v) is 11.9. The minimum atomic E-state index is -0.273.